The van der Waals surface area contributed by atoms with Crippen molar-refractivity contribution in [1.82, 2.24) is 0 Å². The van der Waals surface area contributed by atoms with E-state index >= 15 is 0 Å². The van der Waals surface area contributed by atoms with Crippen LogP contribution < -0.4 is 0 Å². The number of aliphatic hydroxyl groups is 1. The molecule has 0 aromatic heterocycles. The van der Waals surface area contributed by atoms with E-state index in [1.165, 1.54) is 20.8 Å². The number of ether oxygens (including phenoxy) is 5. The van der Waals surface area contributed by atoms with Crippen LogP contribution in [0.1, 0.15) is 40.5 Å². The van der Waals surface area contributed by atoms with Gasteiger partial charge in [-0.25, -0.2) is 0 Å². The van der Waals surface area contributed by atoms with E-state index in [1.54, 1.807) is 0 Å². The lowest BCUT2D eigenvalue weighted by molar-refractivity contribution is -0.303. The maximum atomic E-state index is 11.4. The molecule has 144 valence electrons. The van der Waals surface area contributed by atoms with E-state index in [9.17, 15) is 19.5 Å². The van der Waals surface area contributed by atoms with Crippen LogP contribution in [0.25, 0.3) is 0 Å². The van der Waals surface area contributed by atoms with Crippen molar-refractivity contribution >= 4 is 17.9 Å². The van der Waals surface area contributed by atoms with Crippen LogP contribution in [0.2, 0.25) is 0 Å². The highest BCUT2D eigenvalue weighted by Crippen LogP contribution is 2.27. The highest BCUT2D eigenvalue weighted by atomic mass is 16.7. The lowest BCUT2D eigenvalue weighted by Crippen LogP contribution is -2.61. The summed E-state index contributed by atoms with van der Waals surface area (Å²) in [6.07, 6.45) is -4.10. The molecule has 1 aliphatic rings. The number of hydrogen-bond donors (Lipinski definition) is 1. The molecule has 1 fully saturated rings. The summed E-state index contributed by atoms with van der Waals surface area (Å²) in [5.41, 5.74) is 0. The van der Waals surface area contributed by atoms with Gasteiger partial charge in [-0.2, -0.15) is 0 Å². The van der Waals surface area contributed by atoms with Gasteiger partial charge in [0.1, 0.15) is 18.8 Å². The van der Waals surface area contributed by atoms with E-state index < -0.39 is 48.6 Å². The number of carbonyl (C=O) groups excluding carboxylic acids is 3. The van der Waals surface area contributed by atoms with Crippen molar-refractivity contribution in [3.63, 3.8) is 0 Å². The molecular weight excluding hydrogens is 336 g/mol. The van der Waals surface area contributed by atoms with Gasteiger partial charge in [-0.1, -0.05) is 13.3 Å². The van der Waals surface area contributed by atoms with E-state index in [0.29, 0.717) is 6.61 Å². The Hall–Kier alpha value is -1.71. The topological polar surface area (TPSA) is 118 Å². The molecule has 0 saturated carbocycles. The highest BCUT2D eigenvalue weighted by Gasteiger charge is 2.50. The molecule has 1 aliphatic heterocycles. The molecule has 9 nitrogen and oxygen atoms in total. The fraction of sp³-hybridized carbons (Fsp3) is 0.812. The standard InChI is InChI=1S/C16H26O9/c1-5-6-7-21-15-14(23-10(3)18)13(20)12(8-22-9(2)17)25-16(15)24-11(4)19/h12-16,20H,5-8H2,1-4H3/t12-,13+,14-,15-,16?/m0/s1. The van der Waals surface area contributed by atoms with Crippen molar-refractivity contribution in [3.8, 4) is 0 Å². The third-order valence-electron chi connectivity index (χ3n) is 3.46. The first-order chi connectivity index (χ1) is 11.8. The smallest absolute Gasteiger partial charge is 0.305 e. The Labute approximate surface area is 146 Å². The van der Waals surface area contributed by atoms with Crippen LogP contribution in [0.5, 0.6) is 0 Å². The zero-order valence-corrected chi connectivity index (χ0v) is 14.9. The summed E-state index contributed by atoms with van der Waals surface area (Å²) in [5, 5.41) is 10.5. The Bertz CT molecular complexity index is 465. The van der Waals surface area contributed by atoms with E-state index in [1.807, 2.05) is 6.92 Å². The third-order valence-corrected chi connectivity index (χ3v) is 3.46. The average Bonchev–Trinajstić information content (AvgIpc) is 2.50. The minimum absolute atomic E-state index is 0.284. The highest BCUT2D eigenvalue weighted by molar-refractivity contribution is 5.67. The number of carbonyl (C=O) groups is 3. The predicted octanol–water partition coefficient (Wildman–Crippen LogP) is 0.315. The number of esters is 3. The summed E-state index contributed by atoms with van der Waals surface area (Å²) < 4.78 is 26.3. The van der Waals surface area contributed by atoms with Gasteiger partial charge >= 0.3 is 17.9 Å². The minimum Gasteiger partial charge on any atom is -0.463 e. The van der Waals surface area contributed by atoms with Gasteiger partial charge in [0.2, 0.25) is 6.29 Å². The van der Waals surface area contributed by atoms with Gasteiger partial charge in [0.05, 0.1) is 0 Å². The molecule has 0 radical (unpaired) electrons. The first kappa shape index (κ1) is 21.3. The van der Waals surface area contributed by atoms with Gasteiger partial charge in [-0.05, 0) is 6.42 Å². The summed E-state index contributed by atoms with van der Waals surface area (Å²) >= 11 is 0. The fourth-order valence-corrected chi connectivity index (χ4v) is 2.35. The van der Waals surface area contributed by atoms with Crippen molar-refractivity contribution < 1.29 is 43.2 Å². The Morgan fingerprint density at radius 3 is 2.16 bits per heavy atom. The van der Waals surface area contributed by atoms with Gasteiger partial charge in [0, 0.05) is 27.4 Å². The first-order valence-electron chi connectivity index (χ1n) is 8.19. The largest absolute Gasteiger partial charge is 0.463 e. The van der Waals surface area contributed by atoms with Crippen LogP contribution >= 0.6 is 0 Å². The molecule has 0 spiro atoms. The van der Waals surface area contributed by atoms with Crippen LogP contribution in [0, 0.1) is 0 Å². The second-order valence-corrected chi connectivity index (χ2v) is 5.71. The Kier molecular flexibility index (Phi) is 8.81. The van der Waals surface area contributed by atoms with Crippen LogP contribution in [-0.2, 0) is 38.1 Å². The normalized spacial score (nSPS) is 28.9. The summed E-state index contributed by atoms with van der Waals surface area (Å²) in [4.78, 5) is 33.8. The summed E-state index contributed by atoms with van der Waals surface area (Å²) in [5.74, 6) is -1.83. The number of unbranched alkanes of at least 4 members (excludes halogenated alkanes) is 1. The van der Waals surface area contributed by atoms with Crippen LogP contribution in [0.4, 0.5) is 0 Å². The molecule has 0 aromatic carbocycles. The third kappa shape index (κ3) is 6.97. The Morgan fingerprint density at radius 2 is 1.64 bits per heavy atom. The number of hydrogen-bond acceptors (Lipinski definition) is 9. The molecule has 0 aromatic rings. The monoisotopic (exact) mass is 362 g/mol. The lowest BCUT2D eigenvalue weighted by Gasteiger charge is -2.42. The SMILES string of the molecule is CCCCO[C@@H]1C(OC(C)=O)O[C@@H](COC(C)=O)[C@@H](O)[C@@H]1OC(C)=O. The first-order valence-corrected chi connectivity index (χ1v) is 8.19. The molecule has 9 heteroatoms. The number of aliphatic hydroxyl groups excluding tert-OH is 1. The lowest BCUT2D eigenvalue weighted by atomic mass is 9.98. The van der Waals surface area contributed by atoms with Crippen molar-refractivity contribution in [1.29, 1.82) is 0 Å². The molecule has 5 atom stereocenters. The van der Waals surface area contributed by atoms with E-state index in [0.717, 1.165) is 12.8 Å². The zero-order valence-electron chi connectivity index (χ0n) is 14.9. The van der Waals surface area contributed by atoms with E-state index in [2.05, 4.69) is 0 Å². The van der Waals surface area contributed by atoms with Crippen molar-refractivity contribution in [2.45, 2.75) is 71.2 Å². The fourth-order valence-electron chi connectivity index (χ4n) is 2.35. The van der Waals surface area contributed by atoms with Gasteiger partial charge < -0.3 is 28.8 Å². The Balaban J connectivity index is 2.98. The second kappa shape index (κ2) is 10.3. The summed E-state index contributed by atoms with van der Waals surface area (Å²) in [6, 6.07) is 0. The molecule has 25 heavy (non-hydrogen) atoms. The van der Waals surface area contributed by atoms with Gasteiger partial charge in [0.15, 0.2) is 12.2 Å². The van der Waals surface area contributed by atoms with Crippen molar-refractivity contribution in [2.24, 2.45) is 0 Å². The van der Waals surface area contributed by atoms with Crippen LogP contribution in [0.15, 0.2) is 0 Å². The van der Waals surface area contributed by atoms with Crippen LogP contribution in [0.3, 0.4) is 0 Å². The molecule has 1 saturated heterocycles. The van der Waals surface area contributed by atoms with Gasteiger partial charge in [-0.3, -0.25) is 14.4 Å². The van der Waals surface area contributed by atoms with Crippen molar-refractivity contribution in [2.75, 3.05) is 13.2 Å². The minimum atomic E-state index is -1.32. The summed E-state index contributed by atoms with van der Waals surface area (Å²) in [6.45, 7) is 5.58. The second-order valence-electron chi connectivity index (χ2n) is 5.71. The molecule has 1 heterocycles. The Morgan fingerprint density at radius 1 is 1.00 bits per heavy atom. The summed E-state index contributed by atoms with van der Waals surface area (Å²) in [7, 11) is 0. The van der Waals surface area contributed by atoms with Crippen LogP contribution in [-0.4, -0.2) is 66.9 Å². The molecule has 1 unspecified atom stereocenters. The van der Waals surface area contributed by atoms with Crippen molar-refractivity contribution in [3.05, 3.63) is 0 Å². The molecule has 0 amide bonds. The average molecular weight is 362 g/mol. The van der Waals surface area contributed by atoms with E-state index in [-0.39, 0.29) is 6.61 Å². The maximum absolute atomic E-state index is 11.4. The van der Waals surface area contributed by atoms with Gasteiger partial charge in [-0.15, -0.1) is 0 Å². The quantitative estimate of drug-likeness (QED) is 0.370. The molecular formula is C16H26O9. The van der Waals surface area contributed by atoms with E-state index in [4.69, 9.17) is 23.7 Å². The zero-order chi connectivity index (χ0) is 19.0. The molecule has 1 N–H and O–H groups in total. The molecule has 1 rings (SSSR count). The number of rotatable bonds is 8. The molecule has 0 aliphatic carbocycles. The van der Waals surface area contributed by atoms with Gasteiger partial charge in [0.25, 0.3) is 0 Å². The maximum Gasteiger partial charge on any atom is 0.305 e. The predicted molar refractivity (Wildman–Crippen MR) is 83.3 cm³/mol. The molecule has 0 bridgehead atoms.